The number of nitrogens with zero attached hydrogens (tertiary/aromatic N) is 1. The van der Waals surface area contributed by atoms with Gasteiger partial charge in [0.2, 0.25) is 0 Å². The largest absolute Gasteiger partial charge is 0.519 e. The van der Waals surface area contributed by atoms with E-state index < -0.39 is 17.2 Å². The third-order valence-corrected chi connectivity index (χ3v) is 8.18. The average molecular weight is 463 g/mol. The molecule has 2 saturated carbocycles. The fraction of sp³-hybridized carbons (Fsp3) is 0.462. The third kappa shape index (κ3) is 3.11. The van der Waals surface area contributed by atoms with E-state index in [-0.39, 0.29) is 28.4 Å². The van der Waals surface area contributed by atoms with Crippen LogP contribution in [0.4, 0.5) is 10.5 Å². The van der Waals surface area contributed by atoms with E-state index in [9.17, 15) is 19.7 Å². The highest BCUT2D eigenvalue weighted by Gasteiger charge is 2.62. The van der Waals surface area contributed by atoms with Crippen molar-refractivity contribution in [3.05, 3.63) is 57.6 Å². The number of carbonyl (C=O) groups is 2. The lowest BCUT2D eigenvalue weighted by molar-refractivity contribution is -0.384. The lowest BCUT2D eigenvalue weighted by Crippen LogP contribution is -2.56. The van der Waals surface area contributed by atoms with Gasteiger partial charge in [0, 0.05) is 29.5 Å². The van der Waals surface area contributed by atoms with Crippen molar-refractivity contribution in [1.82, 2.24) is 0 Å². The monoisotopic (exact) mass is 463 g/mol. The number of Topliss-reactive ketones (excluding diaryl/α,β-unsaturated/α-hetero) is 1. The molecule has 0 radical (unpaired) electrons. The molecule has 3 aliphatic carbocycles. The molecule has 1 aliphatic heterocycles. The number of hydrogen-bond donors (Lipinski definition) is 0. The number of carbonyl (C=O) groups excluding carboxylic acids is 2. The van der Waals surface area contributed by atoms with Crippen LogP contribution in [0.15, 0.2) is 36.4 Å². The van der Waals surface area contributed by atoms with Crippen LogP contribution in [0.5, 0.6) is 17.2 Å². The molecule has 2 aromatic rings. The Morgan fingerprint density at radius 1 is 1.06 bits per heavy atom. The smallest absolute Gasteiger partial charge is 0.477 e. The predicted octanol–water partition coefficient (Wildman–Crippen LogP) is 5.29. The Balaban J connectivity index is 1.33. The normalized spacial score (nSPS) is 28.7. The lowest BCUT2D eigenvalue weighted by Gasteiger charge is -2.52. The molecule has 34 heavy (non-hydrogen) atoms. The molecule has 8 heteroatoms. The molecule has 176 valence electrons. The summed E-state index contributed by atoms with van der Waals surface area (Å²) in [4.78, 5) is 36.1. The first-order chi connectivity index (χ1) is 16.5. The number of hydrogen-bond acceptors (Lipinski definition) is 7. The fourth-order valence-corrected chi connectivity index (χ4v) is 6.95. The summed E-state index contributed by atoms with van der Waals surface area (Å²) < 4.78 is 17.2. The quantitative estimate of drug-likeness (QED) is 0.264. The van der Waals surface area contributed by atoms with Crippen LogP contribution in [0.1, 0.15) is 56.1 Å². The van der Waals surface area contributed by atoms with E-state index in [0.717, 1.165) is 44.1 Å². The molecule has 6 rings (SSSR count). The van der Waals surface area contributed by atoms with Crippen molar-refractivity contribution in [2.75, 3.05) is 0 Å². The lowest BCUT2D eigenvalue weighted by atomic mass is 9.50. The van der Waals surface area contributed by atoms with E-state index >= 15 is 0 Å². The van der Waals surface area contributed by atoms with Crippen molar-refractivity contribution in [1.29, 1.82) is 0 Å². The second-order valence-corrected chi connectivity index (χ2v) is 9.85. The van der Waals surface area contributed by atoms with Crippen LogP contribution in [-0.2, 0) is 16.6 Å². The van der Waals surface area contributed by atoms with Gasteiger partial charge in [-0.15, -0.1) is 0 Å². The Morgan fingerprint density at radius 3 is 2.68 bits per heavy atom. The average Bonchev–Trinajstić information content (AvgIpc) is 3.13. The molecule has 0 N–H and O–H groups in total. The maximum atomic E-state index is 13.2. The number of ketones is 1. The molecule has 1 spiro atoms. The highest BCUT2D eigenvalue weighted by Crippen LogP contribution is 2.64. The number of non-ortho nitro benzene ring substituents is 1. The number of ether oxygens (including phenoxy) is 3. The molecule has 0 saturated heterocycles. The molecule has 0 aromatic heterocycles. The van der Waals surface area contributed by atoms with Gasteiger partial charge in [0.15, 0.2) is 23.4 Å². The third-order valence-electron chi connectivity index (χ3n) is 8.18. The van der Waals surface area contributed by atoms with E-state index in [1.807, 2.05) is 6.07 Å². The van der Waals surface area contributed by atoms with Crippen LogP contribution < -0.4 is 14.2 Å². The number of benzene rings is 2. The van der Waals surface area contributed by atoms with Gasteiger partial charge in [-0.25, -0.2) is 4.79 Å². The minimum Gasteiger partial charge on any atom is -0.477 e. The van der Waals surface area contributed by atoms with Gasteiger partial charge in [0.1, 0.15) is 5.75 Å². The van der Waals surface area contributed by atoms with Crippen molar-refractivity contribution >= 4 is 17.6 Å². The summed E-state index contributed by atoms with van der Waals surface area (Å²) in [6, 6.07) is 8.91. The number of nitro benzene ring substituents is 1. The second kappa shape index (κ2) is 7.82. The summed E-state index contributed by atoms with van der Waals surface area (Å²) in [7, 11) is 0. The van der Waals surface area contributed by atoms with Gasteiger partial charge in [-0.2, -0.15) is 0 Å². The number of nitro groups is 1. The number of rotatable bonds is 3. The fourth-order valence-electron chi connectivity index (χ4n) is 6.95. The molecule has 4 atom stereocenters. The highest BCUT2D eigenvalue weighted by molar-refractivity contribution is 5.88. The van der Waals surface area contributed by atoms with Gasteiger partial charge >= 0.3 is 6.16 Å². The van der Waals surface area contributed by atoms with E-state index in [4.69, 9.17) is 14.2 Å². The zero-order chi connectivity index (χ0) is 23.4. The summed E-state index contributed by atoms with van der Waals surface area (Å²) in [5, 5.41) is 10.8. The van der Waals surface area contributed by atoms with Gasteiger partial charge < -0.3 is 14.2 Å². The van der Waals surface area contributed by atoms with Gasteiger partial charge in [0.25, 0.3) is 5.69 Å². The highest BCUT2D eigenvalue weighted by atomic mass is 16.7. The van der Waals surface area contributed by atoms with Gasteiger partial charge in [0.05, 0.1) is 4.92 Å². The van der Waals surface area contributed by atoms with E-state index in [1.165, 1.54) is 36.2 Å². The van der Waals surface area contributed by atoms with Crippen molar-refractivity contribution in [3.8, 4) is 17.2 Å². The molecule has 2 aromatic carbocycles. The van der Waals surface area contributed by atoms with Gasteiger partial charge in [-0.1, -0.05) is 18.9 Å². The minimum atomic E-state index is -0.962. The van der Waals surface area contributed by atoms with Crippen LogP contribution in [-0.4, -0.2) is 23.0 Å². The molecule has 0 amide bonds. The Labute approximate surface area is 196 Å². The Morgan fingerprint density at radius 2 is 1.88 bits per heavy atom. The summed E-state index contributed by atoms with van der Waals surface area (Å²) in [5.74, 6) is 2.01. The summed E-state index contributed by atoms with van der Waals surface area (Å²) >= 11 is 0. The molecule has 0 unspecified atom stereocenters. The van der Waals surface area contributed by atoms with Crippen molar-refractivity contribution in [3.63, 3.8) is 0 Å². The first-order valence-corrected chi connectivity index (χ1v) is 12.0. The summed E-state index contributed by atoms with van der Waals surface area (Å²) in [6.07, 6.45) is 6.22. The maximum Gasteiger partial charge on any atom is 0.519 e. The standard InChI is InChI=1S/C26H25NO7/c28-20-6-2-1-5-19-15-4-3-13-26(19)22-16(14-15)7-12-21(23(22)34-24(20)26)33-25(29)32-18-10-8-17(9-11-18)27(30)31/h7-12,15,19,24H,1-6,13-14H2/t15-,19-,24+,26+/m1/s1. The van der Waals surface area contributed by atoms with E-state index in [0.29, 0.717) is 24.0 Å². The topological polar surface area (TPSA) is 105 Å². The summed E-state index contributed by atoms with van der Waals surface area (Å²) in [6.45, 7) is 0. The van der Waals surface area contributed by atoms with Crippen LogP contribution in [0.3, 0.4) is 0 Å². The van der Waals surface area contributed by atoms with Crippen molar-refractivity contribution in [2.24, 2.45) is 11.8 Å². The zero-order valence-electron chi connectivity index (χ0n) is 18.7. The molecule has 8 nitrogen and oxygen atoms in total. The Hall–Kier alpha value is -3.42. The minimum absolute atomic E-state index is 0.101. The van der Waals surface area contributed by atoms with Gasteiger partial charge in [-0.3, -0.25) is 14.9 Å². The Kier molecular flexibility index (Phi) is 4.86. The molecule has 1 heterocycles. The second-order valence-electron chi connectivity index (χ2n) is 9.85. The zero-order valence-corrected chi connectivity index (χ0v) is 18.7. The van der Waals surface area contributed by atoms with E-state index in [2.05, 4.69) is 0 Å². The first-order valence-electron chi connectivity index (χ1n) is 12.0. The summed E-state index contributed by atoms with van der Waals surface area (Å²) in [5.41, 5.74) is 1.83. The predicted molar refractivity (Wildman–Crippen MR) is 120 cm³/mol. The van der Waals surface area contributed by atoms with Crippen LogP contribution in [0.25, 0.3) is 0 Å². The van der Waals surface area contributed by atoms with E-state index in [1.54, 1.807) is 6.07 Å². The SMILES string of the molecule is O=C(Oc1ccc([N+](=O)[O-])cc1)Oc1ccc2c3c1O[C@H]1C(=O)CCCC[C@@H]4[C@H](CCC[C@@]341)C2. The molecular weight excluding hydrogens is 438 g/mol. The molecule has 2 bridgehead atoms. The molecular formula is C26H25NO7. The Bertz CT molecular complexity index is 1190. The van der Waals surface area contributed by atoms with Crippen LogP contribution in [0, 0.1) is 22.0 Å². The maximum absolute atomic E-state index is 13.2. The first kappa shape index (κ1) is 21.1. The molecule has 4 aliphatic rings. The van der Waals surface area contributed by atoms with Crippen LogP contribution in [0.2, 0.25) is 0 Å². The van der Waals surface area contributed by atoms with Crippen molar-refractivity contribution < 1.29 is 28.7 Å². The van der Waals surface area contributed by atoms with Crippen molar-refractivity contribution in [2.45, 2.75) is 62.9 Å². The van der Waals surface area contributed by atoms with Gasteiger partial charge in [-0.05, 0) is 67.7 Å². The molecule has 2 fully saturated rings. The van der Waals surface area contributed by atoms with Crippen LogP contribution >= 0.6 is 0 Å².